The molecule has 0 aliphatic heterocycles. The van der Waals surface area contributed by atoms with Crippen molar-refractivity contribution in [3.05, 3.63) is 45.7 Å². The summed E-state index contributed by atoms with van der Waals surface area (Å²) in [5.41, 5.74) is 6.14. The molecule has 3 nitrogen and oxygen atoms in total. The molecule has 0 radical (unpaired) electrons. The van der Waals surface area contributed by atoms with Crippen molar-refractivity contribution in [2.24, 2.45) is 5.73 Å². The Balaban J connectivity index is 2.04. The van der Waals surface area contributed by atoms with Crippen LogP contribution in [0, 0.1) is 12.7 Å². The molecule has 0 fully saturated rings. The summed E-state index contributed by atoms with van der Waals surface area (Å²) in [6.07, 6.45) is 1.77. The van der Waals surface area contributed by atoms with Crippen molar-refractivity contribution < 1.29 is 9.13 Å². The second kappa shape index (κ2) is 5.46. The van der Waals surface area contributed by atoms with E-state index in [-0.39, 0.29) is 11.9 Å². The van der Waals surface area contributed by atoms with Crippen LogP contribution in [0.5, 0.6) is 5.75 Å². The summed E-state index contributed by atoms with van der Waals surface area (Å²) in [5.74, 6) is 0.172. The monoisotopic (exact) mass is 266 g/mol. The SMILES string of the molecule is Cc1ncc(COc2ccc([C@@H](C)N)c(F)c2)s1. The Kier molecular flexibility index (Phi) is 3.93. The summed E-state index contributed by atoms with van der Waals surface area (Å²) >= 11 is 1.57. The third-order valence-electron chi connectivity index (χ3n) is 2.51. The van der Waals surface area contributed by atoms with Gasteiger partial charge < -0.3 is 10.5 Å². The minimum Gasteiger partial charge on any atom is -0.488 e. The summed E-state index contributed by atoms with van der Waals surface area (Å²) in [5, 5.41) is 0.993. The number of ether oxygens (including phenoxy) is 1. The second-order valence-corrected chi connectivity index (χ2v) is 5.43. The Bertz CT molecular complexity index is 540. The van der Waals surface area contributed by atoms with Gasteiger partial charge in [-0.15, -0.1) is 11.3 Å². The van der Waals surface area contributed by atoms with Crippen LogP contribution in [0.1, 0.15) is 28.4 Å². The number of hydrogen-bond acceptors (Lipinski definition) is 4. The molecule has 1 heterocycles. The average Bonchev–Trinajstić information content (AvgIpc) is 2.72. The van der Waals surface area contributed by atoms with Crippen molar-refractivity contribution >= 4 is 11.3 Å². The van der Waals surface area contributed by atoms with E-state index in [2.05, 4.69) is 4.98 Å². The highest BCUT2D eigenvalue weighted by Gasteiger charge is 2.08. The standard InChI is InChI=1S/C13H15FN2OS/c1-8(15)12-4-3-10(5-13(12)14)17-7-11-6-16-9(2)18-11/h3-6,8H,7,15H2,1-2H3/t8-/m1/s1. The van der Waals surface area contributed by atoms with E-state index >= 15 is 0 Å². The molecule has 2 N–H and O–H groups in total. The lowest BCUT2D eigenvalue weighted by atomic mass is 10.1. The number of rotatable bonds is 4. The fourth-order valence-corrected chi connectivity index (χ4v) is 2.30. The summed E-state index contributed by atoms with van der Waals surface area (Å²) < 4.78 is 19.2. The van der Waals surface area contributed by atoms with Gasteiger partial charge in [-0.05, 0) is 19.9 Å². The fourth-order valence-electron chi connectivity index (χ4n) is 1.59. The first kappa shape index (κ1) is 13.0. The molecule has 96 valence electrons. The first-order valence-corrected chi connectivity index (χ1v) is 6.47. The Morgan fingerprint density at radius 3 is 2.83 bits per heavy atom. The highest BCUT2D eigenvalue weighted by Crippen LogP contribution is 2.22. The molecular formula is C13H15FN2OS. The molecular weight excluding hydrogens is 251 g/mol. The summed E-state index contributed by atoms with van der Waals surface area (Å²) in [6.45, 7) is 4.09. The molecule has 1 aromatic heterocycles. The van der Waals surface area contributed by atoms with Gasteiger partial charge in [-0.1, -0.05) is 6.07 Å². The highest BCUT2D eigenvalue weighted by atomic mass is 32.1. The van der Waals surface area contributed by atoms with Crippen molar-refractivity contribution in [3.8, 4) is 5.75 Å². The van der Waals surface area contributed by atoms with Gasteiger partial charge in [0, 0.05) is 23.9 Å². The molecule has 18 heavy (non-hydrogen) atoms. The maximum absolute atomic E-state index is 13.7. The van der Waals surface area contributed by atoms with Crippen LogP contribution in [0.15, 0.2) is 24.4 Å². The number of nitrogens with two attached hydrogens (primary N) is 1. The molecule has 0 aliphatic carbocycles. The van der Waals surface area contributed by atoms with E-state index in [0.29, 0.717) is 17.9 Å². The smallest absolute Gasteiger partial charge is 0.131 e. The van der Waals surface area contributed by atoms with Gasteiger partial charge in [0.25, 0.3) is 0 Å². The number of aryl methyl sites for hydroxylation is 1. The van der Waals surface area contributed by atoms with Crippen LogP contribution in [0.25, 0.3) is 0 Å². The minimum atomic E-state index is -0.331. The number of thiazole rings is 1. The van der Waals surface area contributed by atoms with E-state index in [4.69, 9.17) is 10.5 Å². The molecule has 0 saturated heterocycles. The Hall–Kier alpha value is -1.46. The summed E-state index contributed by atoms with van der Waals surface area (Å²) in [7, 11) is 0. The average molecular weight is 266 g/mol. The van der Waals surface area contributed by atoms with Gasteiger partial charge in [-0.3, -0.25) is 0 Å². The van der Waals surface area contributed by atoms with Crippen molar-refractivity contribution in [2.45, 2.75) is 26.5 Å². The summed E-state index contributed by atoms with van der Waals surface area (Å²) in [4.78, 5) is 5.15. The van der Waals surface area contributed by atoms with Crippen LogP contribution in [0.2, 0.25) is 0 Å². The first-order valence-electron chi connectivity index (χ1n) is 5.65. The van der Waals surface area contributed by atoms with E-state index in [0.717, 1.165) is 9.88 Å². The van der Waals surface area contributed by atoms with Crippen LogP contribution < -0.4 is 10.5 Å². The molecule has 0 spiro atoms. The third kappa shape index (κ3) is 3.05. The van der Waals surface area contributed by atoms with Gasteiger partial charge in [0.1, 0.15) is 18.2 Å². The molecule has 0 aliphatic rings. The molecule has 2 aromatic rings. The first-order chi connectivity index (χ1) is 8.56. The quantitative estimate of drug-likeness (QED) is 0.924. The van der Waals surface area contributed by atoms with Crippen molar-refractivity contribution in [1.29, 1.82) is 0 Å². The zero-order valence-electron chi connectivity index (χ0n) is 10.3. The van der Waals surface area contributed by atoms with Gasteiger partial charge in [-0.25, -0.2) is 9.37 Å². The molecule has 2 rings (SSSR count). The number of nitrogens with zero attached hydrogens (tertiary/aromatic N) is 1. The van der Waals surface area contributed by atoms with Crippen LogP contribution in [0.3, 0.4) is 0 Å². The van der Waals surface area contributed by atoms with Crippen LogP contribution in [-0.4, -0.2) is 4.98 Å². The molecule has 0 bridgehead atoms. The van der Waals surface area contributed by atoms with Crippen LogP contribution in [-0.2, 0) is 6.61 Å². The Morgan fingerprint density at radius 2 is 2.28 bits per heavy atom. The van der Waals surface area contributed by atoms with Crippen LogP contribution in [0.4, 0.5) is 4.39 Å². The highest BCUT2D eigenvalue weighted by molar-refractivity contribution is 7.11. The van der Waals surface area contributed by atoms with Gasteiger partial charge in [0.15, 0.2) is 0 Å². The number of hydrogen-bond donors (Lipinski definition) is 1. The van der Waals surface area contributed by atoms with Gasteiger partial charge in [-0.2, -0.15) is 0 Å². The van der Waals surface area contributed by atoms with Crippen LogP contribution >= 0.6 is 11.3 Å². The molecule has 0 amide bonds. The molecule has 1 aromatic carbocycles. The second-order valence-electron chi connectivity index (χ2n) is 4.11. The van der Waals surface area contributed by atoms with Gasteiger partial charge in [0.05, 0.1) is 9.88 Å². The predicted octanol–water partition coefficient (Wildman–Crippen LogP) is 3.19. The maximum atomic E-state index is 13.7. The lowest BCUT2D eigenvalue weighted by molar-refractivity contribution is 0.307. The maximum Gasteiger partial charge on any atom is 0.131 e. The zero-order valence-corrected chi connectivity index (χ0v) is 11.1. The normalized spacial score (nSPS) is 12.4. The Labute approximate surface area is 109 Å². The van der Waals surface area contributed by atoms with Gasteiger partial charge in [0.2, 0.25) is 0 Å². The molecule has 5 heteroatoms. The topological polar surface area (TPSA) is 48.1 Å². The number of aromatic nitrogens is 1. The lowest BCUT2D eigenvalue weighted by Crippen LogP contribution is -2.07. The van der Waals surface area contributed by atoms with E-state index < -0.39 is 0 Å². The van der Waals surface area contributed by atoms with E-state index in [1.807, 2.05) is 6.92 Å². The largest absolute Gasteiger partial charge is 0.488 e. The molecule has 0 saturated carbocycles. The fraction of sp³-hybridized carbons (Fsp3) is 0.308. The van der Waals surface area contributed by atoms with E-state index in [9.17, 15) is 4.39 Å². The van der Waals surface area contributed by atoms with E-state index in [1.165, 1.54) is 6.07 Å². The molecule has 1 atom stereocenters. The summed E-state index contributed by atoms with van der Waals surface area (Å²) in [6, 6.07) is 4.44. The lowest BCUT2D eigenvalue weighted by Gasteiger charge is -2.09. The number of halogens is 1. The van der Waals surface area contributed by atoms with Crippen molar-refractivity contribution in [2.75, 3.05) is 0 Å². The minimum absolute atomic E-state index is 0.316. The number of benzene rings is 1. The third-order valence-corrected chi connectivity index (χ3v) is 3.40. The predicted molar refractivity (Wildman–Crippen MR) is 70.2 cm³/mol. The Morgan fingerprint density at radius 1 is 1.50 bits per heavy atom. The van der Waals surface area contributed by atoms with E-state index in [1.54, 1.807) is 36.6 Å². The van der Waals surface area contributed by atoms with Crippen molar-refractivity contribution in [3.63, 3.8) is 0 Å². The zero-order chi connectivity index (χ0) is 13.1. The van der Waals surface area contributed by atoms with Crippen molar-refractivity contribution in [1.82, 2.24) is 4.98 Å². The van der Waals surface area contributed by atoms with Gasteiger partial charge >= 0.3 is 0 Å². The molecule has 0 unspecified atom stereocenters.